The first-order valence-electron chi connectivity index (χ1n) is 7.35. The van der Waals surface area contributed by atoms with Crippen LogP contribution in [0.15, 0.2) is 0 Å². The van der Waals surface area contributed by atoms with E-state index in [0.717, 1.165) is 37.5 Å². The van der Waals surface area contributed by atoms with Gasteiger partial charge in [-0.1, -0.05) is 0 Å². The Bertz CT molecular complexity index is 388. The molecule has 0 radical (unpaired) electrons. The van der Waals surface area contributed by atoms with Crippen molar-refractivity contribution >= 4 is 11.8 Å². The van der Waals surface area contributed by atoms with E-state index in [1.165, 1.54) is 20.5 Å². The van der Waals surface area contributed by atoms with Gasteiger partial charge >= 0.3 is 5.97 Å². The molecule has 106 valence electrons. The number of esters is 1. The van der Waals surface area contributed by atoms with Crippen LogP contribution in [0.1, 0.15) is 39.0 Å². The molecule has 1 unspecified atom stereocenters. The zero-order valence-electron chi connectivity index (χ0n) is 11.7. The fourth-order valence-electron chi connectivity index (χ4n) is 5.01. The van der Waals surface area contributed by atoms with E-state index in [9.17, 15) is 9.59 Å². The molecule has 0 aliphatic heterocycles. The topological polar surface area (TPSA) is 69.4 Å². The molecule has 0 heterocycles. The minimum absolute atomic E-state index is 0.0121. The molecule has 0 amide bonds. The maximum atomic E-state index is 12.7. The molecule has 0 spiro atoms. The molecule has 4 aliphatic carbocycles. The zero-order chi connectivity index (χ0) is 13.8. The third-order valence-corrected chi connectivity index (χ3v) is 5.65. The summed E-state index contributed by atoms with van der Waals surface area (Å²) in [5, 5.41) is 0. The summed E-state index contributed by atoms with van der Waals surface area (Å²) in [7, 11) is 1.29. The van der Waals surface area contributed by atoms with Crippen molar-refractivity contribution in [2.45, 2.75) is 44.6 Å². The number of ketones is 1. The average molecular weight is 265 g/mol. The molecular weight excluding hydrogens is 242 g/mol. The van der Waals surface area contributed by atoms with Crippen LogP contribution in [0.4, 0.5) is 0 Å². The summed E-state index contributed by atoms with van der Waals surface area (Å²) in [5.41, 5.74) is 4.49. The van der Waals surface area contributed by atoms with Crippen LogP contribution >= 0.6 is 0 Å². The molecule has 19 heavy (non-hydrogen) atoms. The van der Waals surface area contributed by atoms with Crippen LogP contribution in [0.3, 0.4) is 0 Å². The fraction of sp³-hybridized carbons (Fsp3) is 0.867. The lowest BCUT2D eigenvalue weighted by molar-refractivity contribution is -0.156. The second kappa shape index (κ2) is 4.30. The summed E-state index contributed by atoms with van der Waals surface area (Å²) in [4.78, 5) is 24.5. The van der Waals surface area contributed by atoms with Crippen LogP contribution in [-0.4, -0.2) is 24.4 Å². The number of carbonyl (C=O) groups excluding carboxylic acids is 2. The Balaban J connectivity index is 1.83. The molecule has 4 rings (SSSR count). The zero-order valence-corrected chi connectivity index (χ0v) is 11.7. The summed E-state index contributed by atoms with van der Waals surface area (Å²) in [5.74, 6) is 1.83. The summed E-state index contributed by atoms with van der Waals surface area (Å²) in [6.45, 7) is 1.51. The number of hydrogen-bond acceptors (Lipinski definition) is 4. The summed E-state index contributed by atoms with van der Waals surface area (Å²) < 4.78 is 4.69. The second-order valence-electron chi connectivity index (χ2n) is 7.01. The molecule has 0 aromatic heterocycles. The van der Waals surface area contributed by atoms with Crippen LogP contribution in [0.5, 0.6) is 0 Å². The first-order valence-corrected chi connectivity index (χ1v) is 7.35. The first kappa shape index (κ1) is 13.1. The van der Waals surface area contributed by atoms with Gasteiger partial charge in [0.1, 0.15) is 0 Å². The SMILES string of the molecule is COC(=O)C(C)(N)C(=O)C1C2CC3CC(C2)CC1C3. The van der Waals surface area contributed by atoms with Gasteiger partial charge in [-0.05, 0) is 62.7 Å². The third-order valence-electron chi connectivity index (χ3n) is 5.65. The van der Waals surface area contributed by atoms with Crippen molar-refractivity contribution in [2.24, 2.45) is 35.3 Å². The van der Waals surface area contributed by atoms with E-state index in [4.69, 9.17) is 10.5 Å². The monoisotopic (exact) mass is 265 g/mol. The maximum Gasteiger partial charge on any atom is 0.333 e. The number of rotatable bonds is 3. The normalized spacial score (nSPS) is 42.8. The smallest absolute Gasteiger partial charge is 0.333 e. The minimum Gasteiger partial charge on any atom is -0.467 e. The Morgan fingerprint density at radius 1 is 1.05 bits per heavy atom. The summed E-state index contributed by atoms with van der Waals surface area (Å²) >= 11 is 0. The molecule has 4 heteroatoms. The minimum atomic E-state index is -1.48. The van der Waals surface area contributed by atoms with Crippen molar-refractivity contribution < 1.29 is 14.3 Å². The average Bonchev–Trinajstić information content (AvgIpc) is 2.36. The Kier molecular flexibility index (Phi) is 2.97. The first-order chi connectivity index (χ1) is 8.93. The Morgan fingerprint density at radius 3 is 1.95 bits per heavy atom. The van der Waals surface area contributed by atoms with Gasteiger partial charge in [-0.15, -0.1) is 0 Å². The van der Waals surface area contributed by atoms with Crippen LogP contribution in [-0.2, 0) is 14.3 Å². The largest absolute Gasteiger partial charge is 0.467 e. The van der Waals surface area contributed by atoms with Crippen molar-refractivity contribution in [3.63, 3.8) is 0 Å². The van der Waals surface area contributed by atoms with Crippen molar-refractivity contribution in [1.82, 2.24) is 0 Å². The van der Waals surface area contributed by atoms with Gasteiger partial charge < -0.3 is 10.5 Å². The highest BCUT2D eigenvalue weighted by molar-refractivity contribution is 6.09. The predicted octanol–water partition coefficient (Wildman–Crippen LogP) is 1.52. The highest BCUT2D eigenvalue weighted by Crippen LogP contribution is 2.57. The van der Waals surface area contributed by atoms with E-state index in [1.807, 2.05) is 0 Å². The Labute approximate surface area is 114 Å². The van der Waals surface area contributed by atoms with Gasteiger partial charge in [0, 0.05) is 5.92 Å². The van der Waals surface area contributed by atoms with Gasteiger partial charge in [-0.2, -0.15) is 0 Å². The molecule has 0 aromatic rings. The van der Waals surface area contributed by atoms with Gasteiger partial charge in [-0.3, -0.25) is 4.79 Å². The van der Waals surface area contributed by atoms with E-state index in [1.54, 1.807) is 0 Å². The number of methoxy groups -OCH3 is 1. The Hall–Kier alpha value is -0.900. The number of Topliss-reactive ketones (excluding diaryl/α,β-unsaturated/α-hetero) is 1. The third kappa shape index (κ3) is 1.92. The molecule has 4 fully saturated rings. The number of ether oxygens (including phenoxy) is 1. The maximum absolute atomic E-state index is 12.7. The lowest BCUT2D eigenvalue weighted by Crippen LogP contribution is -2.60. The van der Waals surface area contributed by atoms with Gasteiger partial charge in [0.25, 0.3) is 0 Å². The summed E-state index contributed by atoms with van der Waals surface area (Å²) in [6.07, 6.45) is 5.97. The number of hydrogen-bond donors (Lipinski definition) is 1. The van der Waals surface area contributed by atoms with Gasteiger partial charge in [0.05, 0.1) is 7.11 Å². The van der Waals surface area contributed by atoms with Crippen molar-refractivity contribution in [1.29, 1.82) is 0 Å². The van der Waals surface area contributed by atoms with E-state index in [2.05, 4.69) is 0 Å². The summed E-state index contributed by atoms with van der Waals surface area (Å²) in [6, 6.07) is 0. The van der Waals surface area contributed by atoms with Crippen LogP contribution < -0.4 is 5.73 Å². The molecular formula is C15H23NO3. The second-order valence-corrected chi connectivity index (χ2v) is 7.01. The molecule has 1 atom stereocenters. The molecule has 4 saturated carbocycles. The molecule has 0 aromatic carbocycles. The Morgan fingerprint density at radius 2 is 1.53 bits per heavy atom. The van der Waals surface area contributed by atoms with Gasteiger partial charge in [0.15, 0.2) is 11.3 Å². The van der Waals surface area contributed by atoms with Gasteiger partial charge in [-0.25, -0.2) is 4.79 Å². The van der Waals surface area contributed by atoms with Crippen LogP contribution in [0.25, 0.3) is 0 Å². The number of carbonyl (C=O) groups is 2. The molecule has 0 saturated heterocycles. The molecule has 4 bridgehead atoms. The van der Waals surface area contributed by atoms with Gasteiger partial charge in [0.2, 0.25) is 0 Å². The predicted molar refractivity (Wildman–Crippen MR) is 70.2 cm³/mol. The lowest BCUT2D eigenvalue weighted by Gasteiger charge is -2.54. The standard InChI is InChI=1S/C15H23NO3/c1-15(16,14(18)19-2)13(17)12-10-4-8-3-9(6-10)7-11(12)5-8/h8-12H,3-7,16H2,1-2H3. The molecule has 2 N–H and O–H groups in total. The van der Waals surface area contributed by atoms with E-state index in [-0.39, 0.29) is 11.7 Å². The van der Waals surface area contributed by atoms with Crippen molar-refractivity contribution in [3.05, 3.63) is 0 Å². The fourth-order valence-corrected chi connectivity index (χ4v) is 5.01. The highest BCUT2D eigenvalue weighted by atomic mass is 16.5. The number of nitrogens with two attached hydrogens (primary N) is 1. The van der Waals surface area contributed by atoms with Crippen molar-refractivity contribution in [2.75, 3.05) is 7.11 Å². The van der Waals surface area contributed by atoms with E-state index in [0.29, 0.717) is 11.8 Å². The highest BCUT2D eigenvalue weighted by Gasteiger charge is 2.54. The van der Waals surface area contributed by atoms with Crippen LogP contribution in [0, 0.1) is 29.6 Å². The molecule has 4 nitrogen and oxygen atoms in total. The van der Waals surface area contributed by atoms with E-state index >= 15 is 0 Å². The molecule has 4 aliphatic rings. The van der Waals surface area contributed by atoms with Crippen molar-refractivity contribution in [3.8, 4) is 0 Å². The van der Waals surface area contributed by atoms with Crippen LogP contribution in [0.2, 0.25) is 0 Å². The quantitative estimate of drug-likeness (QED) is 0.620. The lowest BCUT2D eigenvalue weighted by atomic mass is 9.50. The van der Waals surface area contributed by atoms with E-state index < -0.39 is 11.5 Å².